The van der Waals surface area contributed by atoms with Crippen LogP contribution in [-0.2, 0) is 4.79 Å². The Bertz CT molecular complexity index is 610. The number of carbonyl (C=O) groups excluding carboxylic acids is 1. The maximum Gasteiger partial charge on any atom is 0.227 e. The van der Waals surface area contributed by atoms with Crippen molar-refractivity contribution in [1.82, 2.24) is 10.2 Å². The summed E-state index contributed by atoms with van der Waals surface area (Å²) in [5, 5.41) is 3.17. The molecule has 0 saturated heterocycles. The highest BCUT2D eigenvalue weighted by Crippen LogP contribution is 2.22. The fraction of sp³-hybridized carbons (Fsp3) is 0.381. The molecule has 0 aromatic heterocycles. The molecule has 3 heteroatoms. The van der Waals surface area contributed by atoms with Crippen LogP contribution in [0.25, 0.3) is 0 Å². The number of hydrogen-bond acceptors (Lipinski definition) is 2. The lowest BCUT2D eigenvalue weighted by molar-refractivity contribution is -0.123. The van der Waals surface area contributed by atoms with Crippen molar-refractivity contribution in [2.45, 2.75) is 31.7 Å². The van der Waals surface area contributed by atoms with Gasteiger partial charge in [-0.15, -0.1) is 0 Å². The molecular formula is C21H28N2O. The average molecular weight is 324 g/mol. The van der Waals surface area contributed by atoms with Gasteiger partial charge in [0.1, 0.15) is 0 Å². The molecule has 0 aliphatic heterocycles. The number of rotatable bonds is 8. The monoisotopic (exact) mass is 324 g/mol. The van der Waals surface area contributed by atoms with E-state index in [4.69, 9.17) is 0 Å². The summed E-state index contributed by atoms with van der Waals surface area (Å²) >= 11 is 0. The van der Waals surface area contributed by atoms with Crippen molar-refractivity contribution in [3.63, 3.8) is 0 Å². The highest BCUT2D eigenvalue weighted by atomic mass is 16.1. The van der Waals surface area contributed by atoms with Gasteiger partial charge in [-0.25, -0.2) is 0 Å². The lowest BCUT2D eigenvalue weighted by Crippen LogP contribution is -2.37. The first kappa shape index (κ1) is 18.2. The van der Waals surface area contributed by atoms with E-state index in [-0.39, 0.29) is 17.9 Å². The Kier molecular flexibility index (Phi) is 7.01. The van der Waals surface area contributed by atoms with Crippen LogP contribution in [0, 0.1) is 0 Å². The van der Waals surface area contributed by atoms with Gasteiger partial charge in [0.15, 0.2) is 0 Å². The first-order valence-corrected chi connectivity index (χ1v) is 8.67. The maximum atomic E-state index is 12.8. The summed E-state index contributed by atoms with van der Waals surface area (Å²) in [7, 11) is 4.09. The average Bonchev–Trinajstić information content (AvgIpc) is 2.61. The SMILES string of the molecule is CCCC(C(=O)NCC(c1ccccc1)N(C)C)c1ccccc1. The molecule has 0 radical (unpaired) electrons. The lowest BCUT2D eigenvalue weighted by atomic mass is 9.93. The maximum absolute atomic E-state index is 12.8. The molecule has 2 rings (SSSR count). The van der Waals surface area contributed by atoms with Crippen molar-refractivity contribution in [1.29, 1.82) is 0 Å². The molecule has 0 spiro atoms. The molecule has 3 nitrogen and oxygen atoms in total. The van der Waals surface area contributed by atoms with Gasteiger partial charge in [0.05, 0.1) is 12.0 Å². The molecule has 1 amide bonds. The highest BCUT2D eigenvalue weighted by Gasteiger charge is 2.21. The fourth-order valence-corrected chi connectivity index (χ4v) is 3.02. The van der Waals surface area contributed by atoms with Crippen LogP contribution >= 0.6 is 0 Å². The largest absolute Gasteiger partial charge is 0.354 e. The third kappa shape index (κ3) is 4.93. The van der Waals surface area contributed by atoms with Crippen LogP contribution in [0.3, 0.4) is 0 Å². The number of amides is 1. The normalized spacial score (nSPS) is 13.5. The summed E-state index contributed by atoms with van der Waals surface area (Å²) in [6.45, 7) is 2.73. The van der Waals surface area contributed by atoms with Crippen molar-refractivity contribution >= 4 is 5.91 Å². The zero-order chi connectivity index (χ0) is 17.4. The summed E-state index contributed by atoms with van der Waals surface area (Å²) in [4.78, 5) is 14.9. The number of nitrogens with one attached hydrogen (secondary N) is 1. The van der Waals surface area contributed by atoms with Crippen molar-refractivity contribution in [2.75, 3.05) is 20.6 Å². The molecule has 2 aromatic rings. The van der Waals surface area contributed by atoms with Crippen LogP contribution in [-0.4, -0.2) is 31.4 Å². The Morgan fingerprint density at radius 1 is 0.958 bits per heavy atom. The quantitative estimate of drug-likeness (QED) is 0.796. The summed E-state index contributed by atoms with van der Waals surface area (Å²) < 4.78 is 0. The van der Waals surface area contributed by atoms with Gasteiger partial charge in [-0.2, -0.15) is 0 Å². The Morgan fingerprint density at radius 3 is 2.00 bits per heavy atom. The van der Waals surface area contributed by atoms with E-state index in [2.05, 4.69) is 29.3 Å². The molecule has 0 bridgehead atoms. The standard InChI is InChI=1S/C21H28N2O/c1-4-11-19(17-12-7-5-8-13-17)21(24)22-16-20(23(2)3)18-14-9-6-10-15-18/h5-10,12-15,19-20H,4,11,16H2,1-3H3,(H,22,24). The molecule has 0 heterocycles. The molecule has 2 unspecified atom stereocenters. The third-order valence-corrected chi connectivity index (χ3v) is 4.37. The third-order valence-electron chi connectivity index (χ3n) is 4.37. The van der Waals surface area contributed by atoms with E-state index < -0.39 is 0 Å². The Morgan fingerprint density at radius 2 is 1.50 bits per heavy atom. The van der Waals surface area contributed by atoms with Gasteiger partial charge < -0.3 is 10.2 Å². The van der Waals surface area contributed by atoms with Gasteiger partial charge in [-0.05, 0) is 31.6 Å². The molecule has 0 saturated carbocycles. The Hall–Kier alpha value is -2.13. The fourth-order valence-electron chi connectivity index (χ4n) is 3.02. The summed E-state index contributed by atoms with van der Waals surface area (Å²) in [5.74, 6) is 0.0422. The smallest absolute Gasteiger partial charge is 0.227 e. The predicted molar refractivity (Wildman–Crippen MR) is 100.0 cm³/mol. The van der Waals surface area contributed by atoms with Crippen molar-refractivity contribution in [3.05, 3.63) is 71.8 Å². The van der Waals surface area contributed by atoms with E-state index in [9.17, 15) is 4.79 Å². The second-order valence-corrected chi connectivity index (χ2v) is 6.39. The van der Waals surface area contributed by atoms with E-state index in [1.807, 2.05) is 62.6 Å². The highest BCUT2D eigenvalue weighted by molar-refractivity contribution is 5.83. The van der Waals surface area contributed by atoms with Gasteiger partial charge in [0.25, 0.3) is 0 Å². The van der Waals surface area contributed by atoms with E-state index in [1.54, 1.807) is 0 Å². The first-order valence-electron chi connectivity index (χ1n) is 8.67. The number of hydrogen-bond donors (Lipinski definition) is 1. The van der Waals surface area contributed by atoms with Gasteiger partial charge >= 0.3 is 0 Å². The minimum Gasteiger partial charge on any atom is -0.354 e. The molecule has 0 aliphatic carbocycles. The van der Waals surface area contributed by atoms with E-state index in [0.29, 0.717) is 6.54 Å². The van der Waals surface area contributed by atoms with Crippen molar-refractivity contribution < 1.29 is 4.79 Å². The second-order valence-electron chi connectivity index (χ2n) is 6.39. The van der Waals surface area contributed by atoms with Crippen LogP contribution in [0.1, 0.15) is 42.9 Å². The summed E-state index contributed by atoms with van der Waals surface area (Å²) in [6.07, 6.45) is 1.86. The van der Waals surface area contributed by atoms with Gasteiger partial charge in [0, 0.05) is 6.54 Å². The molecule has 0 aliphatic rings. The minimum atomic E-state index is -0.0743. The minimum absolute atomic E-state index is 0.0743. The molecule has 24 heavy (non-hydrogen) atoms. The van der Waals surface area contributed by atoms with Crippen LogP contribution in [0.4, 0.5) is 0 Å². The number of benzene rings is 2. The van der Waals surface area contributed by atoms with E-state index in [1.165, 1.54) is 5.56 Å². The molecule has 2 aromatic carbocycles. The molecule has 1 N–H and O–H groups in total. The number of nitrogens with zero attached hydrogens (tertiary/aromatic N) is 1. The Balaban J connectivity index is 2.06. The van der Waals surface area contributed by atoms with Crippen molar-refractivity contribution in [2.24, 2.45) is 0 Å². The van der Waals surface area contributed by atoms with Gasteiger partial charge in [-0.1, -0.05) is 74.0 Å². The van der Waals surface area contributed by atoms with E-state index in [0.717, 1.165) is 18.4 Å². The molecule has 0 fully saturated rings. The van der Waals surface area contributed by atoms with Crippen LogP contribution in [0.2, 0.25) is 0 Å². The molecular weight excluding hydrogens is 296 g/mol. The molecule has 128 valence electrons. The van der Waals surface area contributed by atoms with Crippen LogP contribution in [0.5, 0.6) is 0 Å². The number of likely N-dealkylation sites (N-methyl/N-ethyl adjacent to an activating group) is 1. The Labute approximate surface area is 145 Å². The molecule has 2 atom stereocenters. The zero-order valence-electron chi connectivity index (χ0n) is 14.9. The second kappa shape index (κ2) is 9.24. The topological polar surface area (TPSA) is 32.3 Å². The number of carbonyl (C=O) groups is 1. The van der Waals surface area contributed by atoms with Crippen molar-refractivity contribution in [3.8, 4) is 0 Å². The van der Waals surface area contributed by atoms with E-state index >= 15 is 0 Å². The summed E-state index contributed by atoms with van der Waals surface area (Å²) in [5.41, 5.74) is 2.31. The zero-order valence-corrected chi connectivity index (χ0v) is 14.9. The predicted octanol–water partition coefficient (Wildman–Crippen LogP) is 3.99. The first-order chi connectivity index (χ1) is 11.6. The van der Waals surface area contributed by atoms with Gasteiger partial charge in [-0.3, -0.25) is 4.79 Å². The summed E-state index contributed by atoms with van der Waals surface area (Å²) in [6, 6.07) is 20.6. The lowest BCUT2D eigenvalue weighted by Gasteiger charge is -2.26. The van der Waals surface area contributed by atoms with Crippen LogP contribution < -0.4 is 5.32 Å². The van der Waals surface area contributed by atoms with Gasteiger partial charge in [0.2, 0.25) is 5.91 Å². The van der Waals surface area contributed by atoms with Crippen LogP contribution in [0.15, 0.2) is 60.7 Å².